The van der Waals surface area contributed by atoms with Gasteiger partial charge in [0, 0.05) is 6.20 Å². The van der Waals surface area contributed by atoms with Crippen LogP contribution in [-0.4, -0.2) is 29.6 Å². The van der Waals surface area contributed by atoms with Gasteiger partial charge >= 0.3 is 5.97 Å². The van der Waals surface area contributed by atoms with E-state index in [0.29, 0.717) is 0 Å². The van der Waals surface area contributed by atoms with Gasteiger partial charge in [0.05, 0.1) is 11.9 Å². The fourth-order valence-electron chi connectivity index (χ4n) is 1.54. The molecule has 0 aliphatic rings. The third kappa shape index (κ3) is 3.08. The predicted molar refractivity (Wildman–Crippen MR) is 70.1 cm³/mol. The van der Waals surface area contributed by atoms with E-state index in [0.717, 1.165) is 24.5 Å². The van der Waals surface area contributed by atoms with Crippen LogP contribution in [0.5, 0.6) is 5.75 Å². The first-order valence-electron chi connectivity index (χ1n) is 5.50. The lowest BCUT2D eigenvalue weighted by Crippen LogP contribution is -2.14. The van der Waals surface area contributed by atoms with E-state index in [1.54, 1.807) is 0 Å². The zero-order chi connectivity index (χ0) is 15.6. The molecule has 0 bridgehead atoms. The van der Waals surface area contributed by atoms with Crippen molar-refractivity contribution in [3.05, 3.63) is 48.0 Å². The molecule has 0 aliphatic carbocycles. The number of nitrogens with zero attached hydrogens (tertiary/aromatic N) is 1. The average Bonchev–Trinajstić information content (AvgIpc) is 2.40. The Morgan fingerprint density at radius 2 is 2.00 bits per heavy atom. The van der Waals surface area contributed by atoms with Gasteiger partial charge in [0.15, 0.2) is 5.75 Å². The van der Waals surface area contributed by atoms with Crippen molar-refractivity contribution in [3.63, 3.8) is 0 Å². The number of aromatic nitrogens is 1. The first kappa shape index (κ1) is 14.7. The van der Waals surface area contributed by atoms with Gasteiger partial charge in [0.2, 0.25) is 0 Å². The van der Waals surface area contributed by atoms with Crippen molar-refractivity contribution in [2.45, 2.75) is 4.90 Å². The Hall–Kier alpha value is -2.68. The largest absolute Gasteiger partial charge is 0.505 e. The quantitative estimate of drug-likeness (QED) is 0.735. The Labute approximate surface area is 118 Å². The molecule has 3 N–H and O–H groups in total. The molecule has 7 nitrogen and oxygen atoms in total. The molecule has 2 rings (SSSR count). The molecule has 0 fully saturated rings. The van der Waals surface area contributed by atoms with E-state index in [4.69, 9.17) is 5.11 Å². The van der Waals surface area contributed by atoms with Gasteiger partial charge in [-0.1, -0.05) is 6.07 Å². The number of sulfonamides is 1. The highest BCUT2D eigenvalue weighted by Gasteiger charge is 2.20. The normalized spacial score (nSPS) is 11.1. The third-order valence-electron chi connectivity index (χ3n) is 2.50. The summed E-state index contributed by atoms with van der Waals surface area (Å²) >= 11 is 0. The van der Waals surface area contributed by atoms with E-state index in [1.165, 1.54) is 12.1 Å². The SMILES string of the molecule is O=C(O)c1cccc(NS(=O)(=O)c2cncc(F)c2)c1O. The summed E-state index contributed by atoms with van der Waals surface area (Å²) in [6.07, 6.45) is 1.76. The number of pyridine rings is 1. The molecule has 0 radical (unpaired) electrons. The van der Waals surface area contributed by atoms with Gasteiger partial charge < -0.3 is 10.2 Å². The molecule has 0 amide bonds. The van der Waals surface area contributed by atoms with E-state index in [9.17, 15) is 22.7 Å². The Bertz CT molecular complexity index is 807. The Kier molecular flexibility index (Phi) is 3.76. The van der Waals surface area contributed by atoms with E-state index >= 15 is 0 Å². The maximum Gasteiger partial charge on any atom is 0.339 e. The second-order valence-corrected chi connectivity index (χ2v) is 5.63. The number of carbonyl (C=O) groups is 1. The molecular weight excluding hydrogens is 303 g/mol. The van der Waals surface area contributed by atoms with Crippen LogP contribution in [0.1, 0.15) is 10.4 Å². The van der Waals surface area contributed by atoms with Gasteiger partial charge in [0.1, 0.15) is 16.3 Å². The highest BCUT2D eigenvalue weighted by molar-refractivity contribution is 7.92. The number of anilines is 1. The highest BCUT2D eigenvalue weighted by Crippen LogP contribution is 2.29. The standard InChI is InChI=1S/C12H9FN2O5S/c13-7-4-8(6-14-5-7)21(19,20)15-10-3-1-2-9(11(10)16)12(17)18/h1-6,15-16H,(H,17,18). The molecule has 0 unspecified atom stereocenters. The Morgan fingerprint density at radius 3 is 2.62 bits per heavy atom. The smallest absolute Gasteiger partial charge is 0.339 e. The van der Waals surface area contributed by atoms with Crippen LogP contribution < -0.4 is 4.72 Å². The summed E-state index contributed by atoms with van der Waals surface area (Å²) in [4.78, 5) is 13.8. The van der Waals surface area contributed by atoms with Gasteiger partial charge in [-0.05, 0) is 18.2 Å². The first-order valence-corrected chi connectivity index (χ1v) is 6.98. The van der Waals surface area contributed by atoms with Crippen molar-refractivity contribution in [3.8, 4) is 5.75 Å². The number of benzene rings is 1. The third-order valence-corrected chi connectivity index (χ3v) is 3.83. The summed E-state index contributed by atoms with van der Waals surface area (Å²) in [5, 5.41) is 18.6. The van der Waals surface area contributed by atoms with Crippen LogP contribution in [-0.2, 0) is 10.0 Å². The molecule has 9 heteroatoms. The second-order valence-electron chi connectivity index (χ2n) is 3.95. The monoisotopic (exact) mass is 312 g/mol. The molecule has 110 valence electrons. The molecule has 2 aromatic rings. The number of aromatic carboxylic acids is 1. The number of carboxylic acid groups (broad SMARTS) is 1. The van der Waals surface area contributed by atoms with Crippen molar-refractivity contribution in [2.24, 2.45) is 0 Å². The average molecular weight is 312 g/mol. The number of carboxylic acids is 1. The van der Waals surface area contributed by atoms with Gasteiger partial charge in [-0.25, -0.2) is 17.6 Å². The van der Waals surface area contributed by atoms with Crippen LogP contribution in [0.3, 0.4) is 0 Å². The zero-order valence-electron chi connectivity index (χ0n) is 10.3. The molecule has 1 aromatic heterocycles. The summed E-state index contributed by atoms with van der Waals surface area (Å²) in [6, 6.07) is 4.28. The molecule has 0 saturated carbocycles. The van der Waals surface area contributed by atoms with Crippen molar-refractivity contribution < 1.29 is 27.8 Å². The van der Waals surface area contributed by atoms with Crippen LogP contribution in [0.25, 0.3) is 0 Å². The number of nitrogens with one attached hydrogen (secondary N) is 1. The summed E-state index contributed by atoms with van der Waals surface area (Å²) in [5.41, 5.74) is -0.799. The first-order chi connectivity index (χ1) is 9.81. The molecule has 1 aromatic carbocycles. The van der Waals surface area contributed by atoms with Crippen molar-refractivity contribution >= 4 is 21.7 Å². The van der Waals surface area contributed by atoms with E-state index < -0.39 is 38.0 Å². The highest BCUT2D eigenvalue weighted by atomic mass is 32.2. The maximum absolute atomic E-state index is 13.0. The van der Waals surface area contributed by atoms with Crippen LogP contribution in [0.4, 0.5) is 10.1 Å². The second kappa shape index (κ2) is 5.37. The fraction of sp³-hybridized carbons (Fsp3) is 0. The number of halogens is 1. The number of aromatic hydroxyl groups is 1. The number of hydrogen-bond acceptors (Lipinski definition) is 5. The molecule has 0 saturated heterocycles. The summed E-state index contributed by atoms with van der Waals surface area (Å²) in [7, 11) is -4.21. The summed E-state index contributed by atoms with van der Waals surface area (Å²) < 4.78 is 39.0. The lowest BCUT2D eigenvalue weighted by Gasteiger charge is -2.10. The lowest BCUT2D eigenvalue weighted by molar-refractivity contribution is 0.0694. The predicted octanol–water partition coefficient (Wildman–Crippen LogP) is 1.43. The minimum atomic E-state index is -4.21. The van der Waals surface area contributed by atoms with Crippen LogP contribution in [0.2, 0.25) is 0 Å². The summed E-state index contributed by atoms with van der Waals surface area (Å²) in [6.45, 7) is 0. The van der Waals surface area contributed by atoms with E-state index in [2.05, 4.69) is 4.98 Å². The van der Waals surface area contributed by atoms with E-state index in [-0.39, 0.29) is 5.69 Å². The van der Waals surface area contributed by atoms with Gasteiger partial charge in [-0.3, -0.25) is 9.71 Å². The Morgan fingerprint density at radius 1 is 1.29 bits per heavy atom. The van der Waals surface area contributed by atoms with Crippen LogP contribution >= 0.6 is 0 Å². The van der Waals surface area contributed by atoms with Gasteiger partial charge in [-0.15, -0.1) is 0 Å². The molecular formula is C12H9FN2O5S. The fourth-order valence-corrected chi connectivity index (χ4v) is 2.58. The van der Waals surface area contributed by atoms with Crippen molar-refractivity contribution in [1.29, 1.82) is 0 Å². The summed E-state index contributed by atoms with van der Waals surface area (Å²) in [5.74, 6) is -3.00. The zero-order valence-corrected chi connectivity index (χ0v) is 11.1. The minimum absolute atomic E-state index is 0.334. The minimum Gasteiger partial charge on any atom is -0.505 e. The van der Waals surface area contributed by atoms with E-state index in [1.807, 2.05) is 4.72 Å². The van der Waals surface area contributed by atoms with Crippen molar-refractivity contribution in [1.82, 2.24) is 4.98 Å². The van der Waals surface area contributed by atoms with Crippen molar-refractivity contribution in [2.75, 3.05) is 4.72 Å². The number of para-hydroxylation sites is 1. The van der Waals surface area contributed by atoms with Crippen LogP contribution in [0.15, 0.2) is 41.6 Å². The molecule has 0 aliphatic heterocycles. The lowest BCUT2D eigenvalue weighted by atomic mass is 10.2. The van der Waals surface area contributed by atoms with Gasteiger partial charge in [-0.2, -0.15) is 0 Å². The number of rotatable bonds is 4. The molecule has 1 heterocycles. The maximum atomic E-state index is 13.0. The molecule has 0 atom stereocenters. The molecule has 21 heavy (non-hydrogen) atoms. The Balaban J connectivity index is 2.42. The molecule has 0 spiro atoms. The van der Waals surface area contributed by atoms with Crippen LogP contribution in [0, 0.1) is 5.82 Å². The van der Waals surface area contributed by atoms with Gasteiger partial charge in [0.25, 0.3) is 10.0 Å². The topological polar surface area (TPSA) is 117 Å². The number of hydrogen-bond donors (Lipinski definition) is 3. The number of phenols is 1.